The molecule has 1 atom stereocenters. The van der Waals surface area contributed by atoms with E-state index < -0.39 is 5.82 Å². The highest BCUT2D eigenvalue weighted by molar-refractivity contribution is 6.32. The molecule has 4 heteroatoms. The minimum Gasteiger partial charge on any atom is -0.506 e. The third-order valence-corrected chi connectivity index (χ3v) is 3.30. The van der Waals surface area contributed by atoms with Crippen LogP contribution < -0.4 is 5.32 Å². The molecule has 0 bridgehead atoms. The third-order valence-electron chi connectivity index (χ3n) is 3.00. The molecule has 1 aliphatic heterocycles. The molecular weight excluding hydrogens is 217 g/mol. The summed E-state index contributed by atoms with van der Waals surface area (Å²) in [5.41, 5.74) is 0.171. The summed E-state index contributed by atoms with van der Waals surface area (Å²) in [6.07, 6.45) is 1.90. The van der Waals surface area contributed by atoms with E-state index in [-0.39, 0.29) is 16.3 Å². The molecule has 0 spiro atoms. The lowest BCUT2D eigenvalue weighted by atomic mass is 9.90. The number of hydrogen-bond donors (Lipinski definition) is 2. The Kier molecular flexibility index (Phi) is 2.61. The molecule has 0 saturated carbocycles. The molecule has 1 aliphatic rings. The lowest BCUT2D eigenvalue weighted by Gasteiger charge is -2.25. The molecule has 0 amide bonds. The molecule has 1 saturated heterocycles. The van der Waals surface area contributed by atoms with Gasteiger partial charge in [-0.2, -0.15) is 0 Å². The van der Waals surface area contributed by atoms with E-state index in [0.717, 1.165) is 25.5 Å². The van der Waals surface area contributed by atoms with Crippen molar-refractivity contribution in [1.82, 2.24) is 5.32 Å². The fraction of sp³-hybridized carbons (Fsp3) is 0.455. The summed E-state index contributed by atoms with van der Waals surface area (Å²) in [5, 5.41) is 12.7. The van der Waals surface area contributed by atoms with Crippen LogP contribution in [-0.2, 0) is 5.54 Å². The van der Waals surface area contributed by atoms with Crippen molar-refractivity contribution >= 4 is 11.6 Å². The van der Waals surface area contributed by atoms with Crippen molar-refractivity contribution in [2.24, 2.45) is 0 Å². The number of rotatable bonds is 1. The quantitative estimate of drug-likeness (QED) is 0.776. The van der Waals surface area contributed by atoms with Gasteiger partial charge in [-0.25, -0.2) is 4.39 Å². The maximum Gasteiger partial charge on any atom is 0.137 e. The van der Waals surface area contributed by atoms with Gasteiger partial charge in [0, 0.05) is 17.2 Å². The molecule has 1 heterocycles. The van der Waals surface area contributed by atoms with E-state index in [1.807, 2.05) is 6.92 Å². The molecule has 2 N–H and O–H groups in total. The van der Waals surface area contributed by atoms with Gasteiger partial charge in [-0.1, -0.05) is 11.6 Å². The Hall–Kier alpha value is -0.800. The molecule has 1 aromatic rings. The first-order valence-corrected chi connectivity index (χ1v) is 5.34. The Balaban J connectivity index is 2.48. The summed E-state index contributed by atoms with van der Waals surface area (Å²) >= 11 is 5.78. The smallest absolute Gasteiger partial charge is 0.137 e. The molecular formula is C11H13ClFNO. The van der Waals surface area contributed by atoms with E-state index in [1.54, 1.807) is 0 Å². The van der Waals surface area contributed by atoms with Crippen LogP contribution in [0.15, 0.2) is 12.1 Å². The first-order valence-electron chi connectivity index (χ1n) is 4.96. The van der Waals surface area contributed by atoms with Crippen molar-refractivity contribution in [3.05, 3.63) is 28.5 Å². The zero-order valence-corrected chi connectivity index (χ0v) is 9.24. The van der Waals surface area contributed by atoms with Crippen LogP contribution in [0.1, 0.15) is 25.3 Å². The zero-order valence-electron chi connectivity index (χ0n) is 8.48. The predicted molar refractivity (Wildman–Crippen MR) is 57.7 cm³/mol. The van der Waals surface area contributed by atoms with Crippen LogP contribution in [0, 0.1) is 5.82 Å². The van der Waals surface area contributed by atoms with Crippen LogP contribution in [0.3, 0.4) is 0 Å². The first kappa shape index (κ1) is 10.7. The Morgan fingerprint density at radius 1 is 1.53 bits per heavy atom. The topological polar surface area (TPSA) is 32.3 Å². The number of phenols is 1. The van der Waals surface area contributed by atoms with E-state index in [1.165, 1.54) is 6.07 Å². The van der Waals surface area contributed by atoms with Crippen LogP contribution in [0.2, 0.25) is 5.02 Å². The Labute approximate surface area is 93.1 Å². The molecule has 0 aromatic heterocycles. The molecule has 82 valence electrons. The highest BCUT2D eigenvalue weighted by atomic mass is 35.5. The van der Waals surface area contributed by atoms with Crippen LogP contribution >= 0.6 is 11.6 Å². The fourth-order valence-corrected chi connectivity index (χ4v) is 2.25. The SMILES string of the molecule is CC1(c2cc(Cl)c(O)cc2F)CCCN1. The van der Waals surface area contributed by atoms with Gasteiger partial charge in [0.1, 0.15) is 11.6 Å². The number of nitrogens with one attached hydrogen (secondary N) is 1. The lowest BCUT2D eigenvalue weighted by molar-refractivity contribution is 0.406. The highest BCUT2D eigenvalue weighted by Gasteiger charge is 2.33. The average Bonchev–Trinajstić information content (AvgIpc) is 2.60. The second kappa shape index (κ2) is 3.65. The summed E-state index contributed by atoms with van der Waals surface area (Å²) in [7, 11) is 0. The number of phenolic OH excluding ortho intramolecular Hbond substituents is 1. The molecule has 2 rings (SSSR count). The van der Waals surface area contributed by atoms with Crippen molar-refractivity contribution < 1.29 is 9.50 Å². The van der Waals surface area contributed by atoms with Crippen molar-refractivity contribution in [2.45, 2.75) is 25.3 Å². The van der Waals surface area contributed by atoms with Gasteiger partial charge >= 0.3 is 0 Å². The van der Waals surface area contributed by atoms with E-state index in [4.69, 9.17) is 11.6 Å². The Bertz CT molecular complexity index is 388. The Morgan fingerprint density at radius 3 is 2.87 bits per heavy atom. The van der Waals surface area contributed by atoms with E-state index >= 15 is 0 Å². The summed E-state index contributed by atoms with van der Waals surface area (Å²) in [6.45, 7) is 2.83. The second-order valence-corrected chi connectivity index (χ2v) is 4.55. The van der Waals surface area contributed by atoms with Crippen LogP contribution in [0.25, 0.3) is 0 Å². The maximum atomic E-state index is 13.7. The van der Waals surface area contributed by atoms with Gasteiger partial charge in [0.25, 0.3) is 0 Å². The van der Waals surface area contributed by atoms with Crippen LogP contribution in [0.5, 0.6) is 5.75 Å². The molecule has 0 radical (unpaired) electrons. The number of benzene rings is 1. The monoisotopic (exact) mass is 229 g/mol. The highest BCUT2D eigenvalue weighted by Crippen LogP contribution is 2.36. The van der Waals surface area contributed by atoms with Crippen LogP contribution in [-0.4, -0.2) is 11.7 Å². The van der Waals surface area contributed by atoms with Gasteiger partial charge < -0.3 is 10.4 Å². The maximum absolute atomic E-state index is 13.7. The van der Waals surface area contributed by atoms with Crippen molar-refractivity contribution in [1.29, 1.82) is 0 Å². The van der Waals surface area contributed by atoms with Gasteiger partial charge in [0.05, 0.1) is 5.02 Å². The minimum atomic E-state index is -0.409. The molecule has 0 aliphatic carbocycles. The summed E-state index contributed by atoms with van der Waals surface area (Å²) in [6, 6.07) is 2.58. The average molecular weight is 230 g/mol. The zero-order chi connectivity index (χ0) is 11.1. The van der Waals surface area contributed by atoms with Gasteiger partial charge in [0.15, 0.2) is 0 Å². The van der Waals surface area contributed by atoms with E-state index in [0.29, 0.717) is 5.56 Å². The minimum absolute atomic E-state index is 0.196. The summed E-state index contributed by atoms with van der Waals surface area (Å²) < 4.78 is 13.7. The molecule has 2 nitrogen and oxygen atoms in total. The molecule has 1 fully saturated rings. The van der Waals surface area contributed by atoms with Crippen LogP contribution in [0.4, 0.5) is 4.39 Å². The van der Waals surface area contributed by atoms with E-state index in [9.17, 15) is 9.50 Å². The molecule has 1 aromatic carbocycles. The Morgan fingerprint density at radius 2 is 2.27 bits per heavy atom. The number of halogens is 2. The van der Waals surface area contributed by atoms with E-state index in [2.05, 4.69) is 5.32 Å². The van der Waals surface area contributed by atoms with Gasteiger partial charge in [-0.05, 0) is 32.4 Å². The van der Waals surface area contributed by atoms with Crippen molar-refractivity contribution in [3.63, 3.8) is 0 Å². The normalized spacial score (nSPS) is 25.8. The summed E-state index contributed by atoms with van der Waals surface area (Å²) in [5.74, 6) is -0.617. The molecule has 15 heavy (non-hydrogen) atoms. The van der Waals surface area contributed by atoms with Crippen molar-refractivity contribution in [3.8, 4) is 5.75 Å². The second-order valence-electron chi connectivity index (χ2n) is 4.15. The molecule has 1 unspecified atom stereocenters. The predicted octanol–water partition coefficient (Wildman–Crippen LogP) is 2.78. The summed E-state index contributed by atoms with van der Waals surface area (Å²) in [4.78, 5) is 0. The van der Waals surface area contributed by atoms with Gasteiger partial charge in [-0.3, -0.25) is 0 Å². The third kappa shape index (κ3) is 1.82. The van der Waals surface area contributed by atoms with Crippen molar-refractivity contribution in [2.75, 3.05) is 6.54 Å². The standard InChI is InChI=1S/C11H13ClFNO/c1-11(3-2-4-14-11)7-5-8(12)10(15)6-9(7)13/h5-6,14-15H,2-4H2,1H3. The van der Waals surface area contributed by atoms with Gasteiger partial charge in [0.2, 0.25) is 0 Å². The number of aromatic hydroxyl groups is 1. The lowest BCUT2D eigenvalue weighted by Crippen LogP contribution is -2.34. The number of hydrogen-bond acceptors (Lipinski definition) is 2. The largest absolute Gasteiger partial charge is 0.506 e. The fourth-order valence-electron chi connectivity index (χ4n) is 2.08. The first-order chi connectivity index (χ1) is 7.03. The van der Waals surface area contributed by atoms with Gasteiger partial charge in [-0.15, -0.1) is 0 Å².